The fraction of sp³-hybridized carbons (Fsp3) is 0.0588. The summed E-state index contributed by atoms with van der Waals surface area (Å²) < 4.78 is 146. The molecule has 0 fully saturated rings. The van der Waals surface area contributed by atoms with Crippen molar-refractivity contribution >= 4 is 279 Å². The second-order valence-corrected chi connectivity index (χ2v) is 23.6. The number of carbonyl (C=O) groups is 1. The van der Waals surface area contributed by atoms with E-state index < -0.39 is 111 Å². The number of carboxylic acid groups (broad SMARTS) is 1. The molecule has 90 heavy (non-hydrogen) atoms. The number of anilines is 4. The van der Waals surface area contributed by atoms with E-state index in [1.807, 2.05) is 0 Å². The first kappa shape index (κ1) is 77.2. The summed E-state index contributed by atoms with van der Waals surface area (Å²) >= 11 is 0. The number of azo groups is 3. The summed E-state index contributed by atoms with van der Waals surface area (Å²) in [6.07, 6.45) is 0. The van der Waals surface area contributed by atoms with Crippen molar-refractivity contribution in [1.82, 2.24) is 15.0 Å². The first-order chi connectivity index (χ1) is 39.9. The number of hydrogen-bond acceptors (Lipinski definition) is 24. The zero-order valence-electron chi connectivity index (χ0n) is 48.4. The topological polar surface area (TPSA) is 468 Å². The van der Waals surface area contributed by atoms with Gasteiger partial charge in [-0.1, -0.05) is 18.2 Å². The van der Waals surface area contributed by atoms with Crippen molar-refractivity contribution < 1.29 is 81.8 Å². The fourth-order valence-corrected chi connectivity index (χ4v) is 10.4. The summed E-state index contributed by atoms with van der Waals surface area (Å²) in [4.78, 5) is 26.0. The molecule has 0 bridgehead atoms. The molecule has 441 valence electrons. The number of benzene rings is 8. The van der Waals surface area contributed by atoms with Crippen molar-refractivity contribution in [1.29, 1.82) is 0 Å². The molecule has 39 heteroatoms. The van der Waals surface area contributed by atoms with Gasteiger partial charge in [-0.05, 0) is 120 Å². The maximum Gasteiger partial charge on any atom is 0.339 e. The Morgan fingerprint density at radius 3 is 1.69 bits per heavy atom. The van der Waals surface area contributed by atoms with Crippen LogP contribution in [0.15, 0.2) is 183 Å². The molecule has 10 N–H and O–H groups in total. The Labute approximate surface area is 621 Å². The number of nitrogens with zero attached hydrogens (tertiary/aromatic N) is 10. The van der Waals surface area contributed by atoms with Gasteiger partial charge in [0.25, 0.3) is 40.5 Å². The van der Waals surface area contributed by atoms with E-state index in [0.717, 1.165) is 48.5 Å². The summed E-state index contributed by atoms with van der Waals surface area (Å²) in [5.41, 5.74) is -1.10. The predicted octanol–water partition coefficient (Wildman–Crippen LogP) is 8.32. The molecule has 0 saturated carbocycles. The zero-order chi connectivity index (χ0) is 61.5. The summed E-state index contributed by atoms with van der Waals surface area (Å²) in [5.74, 6) is -3.88. The van der Waals surface area contributed by atoms with Crippen LogP contribution in [-0.2, 0) is 40.5 Å². The van der Waals surface area contributed by atoms with Crippen LogP contribution in [0.3, 0.4) is 0 Å². The van der Waals surface area contributed by atoms with Crippen LogP contribution in [-0.4, -0.2) is 255 Å². The van der Waals surface area contributed by atoms with Crippen LogP contribution in [0.5, 0.6) is 23.0 Å². The van der Waals surface area contributed by atoms with E-state index in [9.17, 15) is 77.1 Å². The third kappa shape index (κ3) is 18.1. The monoisotopic (exact) mass is 1350 g/mol. The second-order valence-electron chi connectivity index (χ2n) is 17.9. The van der Waals surface area contributed by atoms with Gasteiger partial charge in [-0.3, -0.25) is 23.2 Å². The van der Waals surface area contributed by atoms with Gasteiger partial charge in [0, 0.05) is 178 Å². The first-order valence-corrected chi connectivity index (χ1v) is 29.4. The van der Waals surface area contributed by atoms with Gasteiger partial charge in [-0.2, -0.15) is 59.0 Å². The minimum atomic E-state index is -5.39. The number of fused-ring (bicyclic) bond motifs is 2. The van der Waals surface area contributed by atoms with Crippen molar-refractivity contribution in [3.63, 3.8) is 0 Å². The van der Waals surface area contributed by atoms with Gasteiger partial charge >= 0.3 is 5.97 Å². The zero-order valence-corrected chi connectivity index (χ0v) is 61.7. The van der Waals surface area contributed by atoms with Gasteiger partial charge in [0.1, 0.15) is 39.1 Å². The number of carboxylic acids is 1. The van der Waals surface area contributed by atoms with E-state index in [-0.39, 0.29) is 210 Å². The normalized spacial score (nSPS) is 12.0. The number of hydrogen-bond donors (Lipinski definition) is 10. The number of phenolic OH excluding ortho intramolecular Hbond substituents is 2. The number of nitrogens with one attached hydrogen (secondary N) is 2. The van der Waals surface area contributed by atoms with E-state index in [4.69, 9.17) is 4.74 Å². The molecule has 8 aromatic carbocycles. The molecule has 1 aromatic heterocycles. The average molecular weight is 1350 g/mol. The number of rotatable bonds is 17. The van der Waals surface area contributed by atoms with Crippen LogP contribution in [0.25, 0.3) is 21.5 Å². The van der Waals surface area contributed by atoms with Crippen molar-refractivity contribution in [3.8, 4) is 23.0 Å². The van der Waals surface area contributed by atoms with Crippen LogP contribution in [0.4, 0.5) is 63.1 Å². The van der Waals surface area contributed by atoms with Gasteiger partial charge in [0.05, 0.1) is 61.0 Å². The predicted molar refractivity (Wildman–Crippen MR) is 330 cm³/mol. The number of aromatic amines is 1. The third-order valence-electron chi connectivity index (χ3n) is 12.2. The molecule has 30 nitrogen and oxygen atoms in total. The van der Waals surface area contributed by atoms with Crippen LogP contribution in [0, 0.1) is 6.92 Å². The average Bonchev–Trinajstić information content (AvgIpc) is 0.761. The van der Waals surface area contributed by atoms with E-state index in [1.54, 1.807) is 66.5 Å². The molecule has 0 aliphatic rings. The number of aromatic nitrogens is 3. The van der Waals surface area contributed by atoms with Crippen molar-refractivity contribution in [2.45, 2.75) is 26.5 Å². The summed E-state index contributed by atoms with van der Waals surface area (Å²) in [7, 11) is -17.6. The Morgan fingerprint density at radius 2 is 1.11 bits per heavy atom. The molecule has 0 atom stereocenters. The van der Waals surface area contributed by atoms with Gasteiger partial charge in [-0.15, -0.1) is 15.3 Å². The number of aromatic hydroxyl groups is 3. The van der Waals surface area contributed by atoms with Crippen molar-refractivity contribution in [2.75, 3.05) is 24.4 Å². The molecule has 0 amide bonds. The quantitative estimate of drug-likeness (QED) is 0.0232. The molecule has 0 unspecified atom stereocenters. The van der Waals surface area contributed by atoms with Gasteiger partial charge < -0.3 is 35.4 Å². The van der Waals surface area contributed by atoms with Crippen LogP contribution >= 0.6 is 0 Å². The van der Waals surface area contributed by atoms with E-state index in [2.05, 4.69) is 55.9 Å². The van der Waals surface area contributed by atoms with Crippen LogP contribution in [0.2, 0.25) is 0 Å². The van der Waals surface area contributed by atoms with Gasteiger partial charge in [0.2, 0.25) is 17.5 Å². The summed E-state index contributed by atoms with van der Waals surface area (Å²) in [6, 6.07) is 26.6. The van der Waals surface area contributed by atoms with Gasteiger partial charge in [-0.25, -0.2) is 9.79 Å². The number of phenols is 3. The molecule has 0 saturated heterocycles. The maximum atomic E-state index is 13.1. The molecule has 0 spiro atoms. The number of H-pyrrole nitrogens is 1. The molecule has 9 rings (SSSR count). The van der Waals surface area contributed by atoms with Crippen molar-refractivity contribution in [3.05, 3.63) is 144 Å². The Hall–Kier alpha value is -5.20. The minimum absolute atomic E-state index is 0. The number of aryl methyl sites for hydroxylation is 1. The Morgan fingerprint density at radius 1 is 0.567 bits per heavy atom. The smallest absolute Gasteiger partial charge is 0.339 e. The Kier molecular flexibility index (Phi) is 26.7. The molecular formula is C51H40N12Na5O18S4. The molecule has 0 aliphatic carbocycles. The summed E-state index contributed by atoms with van der Waals surface area (Å²) in [5, 5.41) is 68.1. The molecule has 0 aliphatic heterocycles. The molecular weight excluding hydrogens is 1310 g/mol. The molecule has 1 heterocycles. The Bertz CT molecular complexity index is 4920. The Balaban J connectivity index is 0.00000346. The van der Waals surface area contributed by atoms with Crippen LogP contribution in [0.1, 0.15) is 15.9 Å². The number of methoxy groups -OCH3 is 1. The second kappa shape index (κ2) is 31.2. The van der Waals surface area contributed by atoms with Crippen LogP contribution < -0.4 is 20.6 Å². The standard InChI is InChI=1S/C51H40N12O18S4.5Na/c1-25-15-37(42(81-3)24-36(25)59-61-39-22-33(83(72,73)74)16-26-17-34(84(75,76)77)23-41(65)44(26)39)60-62-46-43(85(78,79)80)19-27-18-32(82(69,70)71)21-38(45(27)47(46)66)53-50-54-49(55-51(56-50)63(2)31-7-5-4-6-8-31)52-28-9-11-29(12-10-28)57-58-30-13-14-40(64)35(20-30)48(67)68;;;;;/h4-24,64-66H,1-3H3,(H,67,68)(H,69,70,71)(H,72,73,74)(H,75,76,77)(H,78,79,80)(H2,52,53,54,55,56);;;;;. The van der Waals surface area contributed by atoms with E-state index in [1.165, 1.54) is 32.2 Å². The summed E-state index contributed by atoms with van der Waals surface area (Å²) in [6.45, 7) is 1.47. The van der Waals surface area contributed by atoms with E-state index >= 15 is 0 Å². The molecule has 5 radical (unpaired) electrons. The van der Waals surface area contributed by atoms with Crippen molar-refractivity contribution in [2.24, 2.45) is 35.7 Å². The first-order valence-electron chi connectivity index (χ1n) is 23.7. The fourth-order valence-electron chi connectivity index (χ4n) is 8.14. The number of aromatic carboxylic acids is 1. The number of ether oxygens (including phenoxy) is 1. The van der Waals surface area contributed by atoms with E-state index in [0.29, 0.717) is 23.1 Å². The SMILES string of the molecule is COc1cc(N=Nc2cc(S(=O)(=O)O)cc3cc(S(=O)(=O)O)cc(O)c23)c(C)cc1N=Nc1c(S(=O)(=O)O)cc2cc(S(=O)(=O)O)cc(N=c3nc(Nc4ccc(N=Nc5ccc(O)c(C(=O)O)c5)cc4)nc(N(C)c4ccccc4)[nH]3)c2c1O.[Na].[Na].[Na].[Na].[Na]. The largest absolute Gasteiger partial charge is 0.507 e. The molecule has 9 aromatic rings. The maximum absolute atomic E-state index is 13.1. The third-order valence-corrected chi connectivity index (χ3v) is 15.6. The minimum Gasteiger partial charge on any atom is -0.507 e. The van der Waals surface area contributed by atoms with Gasteiger partial charge in [0.15, 0.2) is 5.75 Å². The number of para-hydroxylation sites is 1.